The average Bonchev–Trinajstić information content (AvgIpc) is 3.53. The summed E-state index contributed by atoms with van der Waals surface area (Å²) in [6, 6.07) is 6.41. The summed E-state index contributed by atoms with van der Waals surface area (Å²) in [4.78, 5) is 43.6. The predicted molar refractivity (Wildman–Crippen MR) is 159 cm³/mol. The third-order valence-corrected chi connectivity index (χ3v) is 8.77. The number of nitrogens with two attached hydrogens (primary N) is 1. The first kappa shape index (κ1) is 29.2. The van der Waals surface area contributed by atoms with Crippen LogP contribution in [0.3, 0.4) is 0 Å². The van der Waals surface area contributed by atoms with Gasteiger partial charge in [-0.3, -0.25) is 24.2 Å². The Morgan fingerprint density at radius 3 is 2.57 bits per heavy atom. The first-order valence-corrected chi connectivity index (χ1v) is 14.4. The van der Waals surface area contributed by atoms with Gasteiger partial charge < -0.3 is 25.8 Å². The zero-order valence-electron chi connectivity index (χ0n) is 23.6. The monoisotopic (exact) mass is 594 g/mol. The second-order valence-electron chi connectivity index (χ2n) is 10.3. The van der Waals surface area contributed by atoms with Crippen molar-refractivity contribution in [2.75, 3.05) is 58.7 Å². The van der Waals surface area contributed by atoms with Crippen molar-refractivity contribution in [3.63, 3.8) is 0 Å². The summed E-state index contributed by atoms with van der Waals surface area (Å²) in [7, 11) is 1.70. The smallest absolute Gasteiger partial charge is 0.290 e. The third kappa shape index (κ3) is 5.86. The molecule has 222 valence electrons. The summed E-state index contributed by atoms with van der Waals surface area (Å²) < 4.78 is 8.72. The molecule has 6 rings (SSSR count). The summed E-state index contributed by atoms with van der Waals surface area (Å²) in [6.45, 7) is 7.67. The normalized spacial score (nSPS) is 16.2. The summed E-state index contributed by atoms with van der Waals surface area (Å²) in [5.74, 6) is 1.28. The molecule has 2 amide bonds. The molecule has 14 heteroatoms. The number of nitrogen functional groups attached to an aromatic ring is 1. The van der Waals surface area contributed by atoms with E-state index in [1.165, 1.54) is 6.33 Å². The van der Waals surface area contributed by atoms with Gasteiger partial charge in [-0.1, -0.05) is 6.07 Å². The van der Waals surface area contributed by atoms with Crippen LogP contribution in [-0.2, 0) is 27.5 Å². The first-order chi connectivity index (χ1) is 20.4. The van der Waals surface area contributed by atoms with E-state index in [1.807, 2.05) is 4.52 Å². The van der Waals surface area contributed by atoms with Gasteiger partial charge in [-0.05, 0) is 30.0 Å². The molecule has 2 fully saturated rings. The molecule has 5 heterocycles. The summed E-state index contributed by atoms with van der Waals surface area (Å²) in [5, 5.41) is 15.6. The Morgan fingerprint density at radius 2 is 1.88 bits per heavy atom. The van der Waals surface area contributed by atoms with Gasteiger partial charge in [0.05, 0.1) is 24.0 Å². The van der Waals surface area contributed by atoms with Crippen molar-refractivity contribution in [2.45, 2.75) is 20.0 Å². The largest absolute Gasteiger partial charge is 0.495 e. The molecule has 0 bridgehead atoms. The summed E-state index contributed by atoms with van der Waals surface area (Å²) in [5.41, 5.74) is 11.6. The van der Waals surface area contributed by atoms with Crippen molar-refractivity contribution < 1.29 is 24.2 Å². The van der Waals surface area contributed by atoms with Crippen molar-refractivity contribution in [3.05, 3.63) is 41.3 Å². The second kappa shape index (κ2) is 12.7. The van der Waals surface area contributed by atoms with Gasteiger partial charge in [0.25, 0.3) is 6.47 Å². The van der Waals surface area contributed by atoms with Gasteiger partial charge in [0.2, 0.25) is 12.3 Å². The molecule has 0 aliphatic carbocycles. The quantitative estimate of drug-likeness (QED) is 0.267. The lowest BCUT2D eigenvalue weighted by Crippen LogP contribution is -2.47. The Kier molecular flexibility index (Phi) is 8.85. The van der Waals surface area contributed by atoms with Crippen molar-refractivity contribution in [3.8, 4) is 16.2 Å². The van der Waals surface area contributed by atoms with E-state index in [-0.39, 0.29) is 12.4 Å². The minimum Gasteiger partial charge on any atom is -0.495 e. The van der Waals surface area contributed by atoms with Crippen LogP contribution in [0.1, 0.15) is 16.8 Å². The van der Waals surface area contributed by atoms with Gasteiger partial charge in [-0.2, -0.15) is 5.10 Å². The Labute approximate surface area is 246 Å². The SMILES string of the molecule is COc1cc(C)cc2cc(-c3c(CN4CCNC(=O)C4)c(CN4CCN(C=O)CC4)n4ncnc(N)c34)sc12.O=CO. The molecule has 42 heavy (non-hydrogen) atoms. The molecule has 2 aliphatic rings. The molecule has 2 aliphatic heterocycles. The first-order valence-electron chi connectivity index (χ1n) is 13.6. The number of aromatic nitrogens is 3. The molecule has 0 spiro atoms. The number of piperazine rings is 2. The number of hydrogen-bond acceptors (Lipinski definition) is 10. The molecule has 3 aromatic heterocycles. The summed E-state index contributed by atoms with van der Waals surface area (Å²) in [6.07, 6.45) is 2.41. The average molecular weight is 595 g/mol. The van der Waals surface area contributed by atoms with Crippen LogP contribution in [0.5, 0.6) is 5.75 Å². The predicted octanol–water partition coefficient (Wildman–Crippen LogP) is 1.42. The zero-order chi connectivity index (χ0) is 29.8. The number of nitrogens with zero attached hydrogens (tertiary/aromatic N) is 6. The van der Waals surface area contributed by atoms with E-state index in [4.69, 9.17) is 20.4 Å². The number of thiophene rings is 1. The maximum Gasteiger partial charge on any atom is 0.290 e. The van der Waals surface area contributed by atoms with E-state index in [9.17, 15) is 9.59 Å². The summed E-state index contributed by atoms with van der Waals surface area (Å²) >= 11 is 1.67. The van der Waals surface area contributed by atoms with Crippen molar-refractivity contribution in [1.82, 2.24) is 34.6 Å². The number of aryl methyl sites for hydroxylation is 1. The van der Waals surface area contributed by atoms with Crippen LogP contribution in [-0.4, -0.2) is 106 Å². The van der Waals surface area contributed by atoms with Crippen LogP contribution in [0.25, 0.3) is 26.0 Å². The molecule has 4 N–H and O–H groups in total. The highest BCUT2D eigenvalue weighted by molar-refractivity contribution is 7.22. The highest BCUT2D eigenvalue weighted by Gasteiger charge is 2.29. The minimum absolute atomic E-state index is 0.0273. The number of methoxy groups -OCH3 is 1. The van der Waals surface area contributed by atoms with Crippen LogP contribution < -0.4 is 15.8 Å². The fraction of sp³-hybridized carbons (Fsp3) is 0.393. The van der Waals surface area contributed by atoms with Gasteiger partial charge in [0.15, 0.2) is 5.82 Å². The van der Waals surface area contributed by atoms with Crippen LogP contribution >= 0.6 is 11.3 Å². The molecule has 4 aromatic rings. The van der Waals surface area contributed by atoms with Crippen molar-refractivity contribution >= 4 is 51.5 Å². The van der Waals surface area contributed by atoms with E-state index in [1.54, 1.807) is 23.3 Å². The number of fused-ring (bicyclic) bond motifs is 2. The van der Waals surface area contributed by atoms with Crippen LogP contribution in [0, 0.1) is 6.92 Å². The van der Waals surface area contributed by atoms with Gasteiger partial charge in [-0.15, -0.1) is 11.3 Å². The van der Waals surface area contributed by atoms with Gasteiger partial charge in [-0.25, -0.2) is 9.50 Å². The number of carbonyl (C=O) groups excluding carboxylic acids is 2. The van der Waals surface area contributed by atoms with E-state index >= 15 is 0 Å². The number of benzene rings is 1. The van der Waals surface area contributed by atoms with Gasteiger partial charge >= 0.3 is 0 Å². The standard InChI is InChI=1S/C27H32N8O3S.CH2O2/c1-17-9-18-11-22(39-26(18)21(10-17)38-2)24-19(12-34-4-3-29-23(37)14-34)20(35-25(24)27(28)30-15-31-35)13-32-5-7-33(16-36)8-6-32;2-1-3/h9-11,15-16H,3-8,12-14H2,1-2H3,(H,29,37)(H2,28,30,31);1H,(H,2,3). The third-order valence-electron chi connectivity index (χ3n) is 7.58. The van der Waals surface area contributed by atoms with Crippen LogP contribution in [0.15, 0.2) is 24.5 Å². The maximum atomic E-state index is 12.3. The highest BCUT2D eigenvalue weighted by Crippen LogP contribution is 2.44. The molecule has 1 aromatic carbocycles. The number of anilines is 1. The second-order valence-corrected chi connectivity index (χ2v) is 11.3. The van der Waals surface area contributed by atoms with Crippen molar-refractivity contribution in [2.24, 2.45) is 0 Å². The fourth-order valence-corrected chi connectivity index (χ4v) is 6.85. The minimum atomic E-state index is -0.250. The lowest BCUT2D eigenvalue weighted by Gasteiger charge is -2.33. The van der Waals surface area contributed by atoms with E-state index in [2.05, 4.69) is 50.3 Å². The molecule has 2 saturated heterocycles. The Balaban J connectivity index is 0.00000113. The number of hydrogen-bond donors (Lipinski definition) is 3. The van der Waals surface area contributed by atoms with E-state index < -0.39 is 0 Å². The Bertz CT molecular complexity index is 1610. The molecule has 13 nitrogen and oxygen atoms in total. The molecular formula is C28H34N8O5S. The lowest BCUT2D eigenvalue weighted by molar-refractivity contribution is -0.124. The van der Waals surface area contributed by atoms with E-state index in [0.29, 0.717) is 45.1 Å². The van der Waals surface area contributed by atoms with Gasteiger partial charge in [0.1, 0.15) is 17.6 Å². The Hall–Kier alpha value is -4.27. The number of rotatable bonds is 7. The molecule has 0 radical (unpaired) electrons. The maximum absolute atomic E-state index is 12.3. The number of amides is 2. The number of ether oxygens (including phenoxy) is 1. The van der Waals surface area contributed by atoms with E-state index in [0.717, 1.165) is 74.7 Å². The topological polar surface area (TPSA) is 159 Å². The zero-order valence-corrected chi connectivity index (χ0v) is 24.4. The molecule has 0 saturated carbocycles. The Morgan fingerprint density at radius 1 is 1.12 bits per heavy atom. The molecular weight excluding hydrogens is 560 g/mol. The lowest BCUT2D eigenvalue weighted by atomic mass is 10.0. The molecule has 0 atom stereocenters. The van der Waals surface area contributed by atoms with Crippen molar-refractivity contribution in [1.29, 1.82) is 0 Å². The van der Waals surface area contributed by atoms with Gasteiger partial charge in [0, 0.05) is 68.4 Å². The van der Waals surface area contributed by atoms with Crippen LogP contribution in [0.4, 0.5) is 5.82 Å². The number of carboxylic acid groups (broad SMARTS) is 1. The fourth-order valence-electron chi connectivity index (χ4n) is 5.65. The van der Waals surface area contributed by atoms with Crippen LogP contribution in [0.2, 0.25) is 0 Å². The molecule has 0 unspecified atom stereocenters. The number of carbonyl (C=O) groups is 3. The highest BCUT2D eigenvalue weighted by atomic mass is 32.1. The number of nitrogens with one attached hydrogen (secondary N) is 1.